The Morgan fingerprint density at radius 1 is 1.00 bits per heavy atom. The molecule has 0 unspecified atom stereocenters. The molecule has 0 aliphatic carbocycles. The highest BCUT2D eigenvalue weighted by Crippen LogP contribution is 2.25. The van der Waals surface area contributed by atoms with Gasteiger partial charge in [0.25, 0.3) is 0 Å². The van der Waals surface area contributed by atoms with Crippen molar-refractivity contribution in [1.82, 2.24) is 19.9 Å². The van der Waals surface area contributed by atoms with Gasteiger partial charge >= 0.3 is 0 Å². The third-order valence-corrected chi connectivity index (χ3v) is 5.77. The van der Waals surface area contributed by atoms with Gasteiger partial charge in [0, 0.05) is 38.4 Å². The quantitative estimate of drug-likeness (QED) is 0.496. The number of pyridine rings is 1. The molecule has 3 heterocycles. The number of hydrogen-bond donors (Lipinski definition) is 1. The van der Waals surface area contributed by atoms with Crippen LogP contribution >= 0.6 is 0 Å². The summed E-state index contributed by atoms with van der Waals surface area (Å²) in [4.78, 5) is 28.3. The summed E-state index contributed by atoms with van der Waals surface area (Å²) < 4.78 is 0. The summed E-state index contributed by atoms with van der Waals surface area (Å²) >= 11 is 0. The number of likely N-dealkylation sites (tertiary alicyclic amines) is 1. The third kappa shape index (κ3) is 4.48. The molecule has 2 aromatic carbocycles. The topological polar surface area (TPSA) is 71.0 Å². The first kappa shape index (κ1) is 21.5. The van der Waals surface area contributed by atoms with Crippen molar-refractivity contribution >= 4 is 22.6 Å². The number of nitrogens with one attached hydrogen (secondary N) is 1. The minimum Gasteiger partial charge on any atom is -0.325 e. The fourth-order valence-corrected chi connectivity index (χ4v) is 4.22. The van der Waals surface area contributed by atoms with Crippen LogP contribution in [0.15, 0.2) is 79.4 Å². The molecule has 1 aliphatic heterocycles. The van der Waals surface area contributed by atoms with Crippen molar-refractivity contribution in [3.8, 4) is 11.1 Å². The first-order chi connectivity index (χ1) is 15.3. The average Bonchev–Trinajstić information content (AvgIpc) is 3.29. The van der Waals surface area contributed by atoms with Gasteiger partial charge in [-0.1, -0.05) is 30.3 Å². The maximum absolute atomic E-state index is 13.0. The van der Waals surface area contributed by atoms with Gasteiger partial charge in [0.1, 0.15) is 0 Å². The van der Waals surface area contributed by atoms with Crippen molar-refractivity contribution in [1.29, 1.82) is 0 Å². The van der Waals surface area contributed by atoms with Gasteiger partial charge in [-0.15, -0.1) is 0 Å². The highest BCUT2D eigenvalue weighted by Gasteiger charge is 2.31. The van der Waals surface area contributed by atoms with E-state index in [1.165, 1.54) is 0 Å². The van der Waals surface area contributed by atoms with E-state index in [1.54, 1.807) is 18.6 Å². The monoisotopic (exact) mass is 431 g/mol. The number of carbonyl (C=O) groups excluding carboxylic acids is 1. The van der Waals surface area contributed by atoms with Gasteiger partial charge in [-0.05, 0) is 60.3 Å². The van der Waals surface area contributed by atoms with Gasteiger partial charge in [0.05, 0.1) is 17.1 Å². The number of anilines is 1. The summed E-state index contributed by atoms with van der Waals surface area (Å²) in [7, 11) is 0. The molecule has 6 nitrogen and oxygen atoms in total. The number of para-hydroxylation sites is 1. The Morgan fingerprint density at radius 2 is 1.84 bits per heavy atom. The summed E-state index contributed by atoms with van der Waals surface area (Å²) in [6.45, 7) is 1.59. The minimum absolute atomic E-state index is 0. The van der Waals surface area contributed by atoms with E-state index in [1.807, 2.05) is 54.7 Å². The molecule has 0 bridgehead atoms. The number of benzene rings is 2. The molecule has 7 heteroatoms. The van der Waals surface area contributed by atoms with Crippen molar-refractivity contribution in [3.05, 3.63) is 84.9 Å². The second-order valence-electron chi connectivity index (χ2n) is 7.78. The summed E-state index contributed by atoms with van der Waals surface area (Å²) in [6, 6.07) is 17.7. The number of hydrogen-bond acceptors (Lipinski definition) is 5. The number of rotatable bonds is 5. The fraction of sp³-hybridized carbons (Fsp3) is 0.200. The van der Waals surface area contributed by atoms with Crippen molar-refractivity contribution < 1.29 is 10.9 Å². The molecule has 2 aromatic heterocycles. The zero-order valence-corrected chi connectivity index (χ0v) is 17.5. The second-order valence-corrected chi connectivity index (χ2v) is 7.78. The molecule has 0 spiro atoms. The highest BCUT2D eigenvalue weighted by atomic mass is 19.0. The SMILES string of the molecule is F.O=C(Nc1ccc(-c2cccnc2)cc1)[C@H]1CCCN1Cc1cccc2nccnc12.[HH]. The molecule has 0 saturated carbocycles. The molecule has 5 rings (SSSR count). The predicted molar refractivity (Wildman–Crippen MR) is 126 cm³/mol. The summed E-state index contributed by atoms with van der Waals surface area (Å²) in [5.74, 6) is 0.0398. The van der Waals surface area contributed by atoms with E-state index in [0.29, 0.717) is 6.54 Å². The number of carbonyl (C=O) groups is 1. The van der Waals surface area contributed by atoms with Crippen molar-refractivity contribution in [2.75, 3.05) is 11.9 Å². The lowest BCUT2D eigenvalue weighted by atomic mass is 10.1. The Hall–Kier alpha value is -3.71. The first-order valence-electron chi connectivity index (χ1n) is 10.5. The second kappa shape index (κ2) is 9.62. The Balaban J connectivity index is 0.00000153. The number of fused-ring (bicyclic) bond motifs is 1. The number of halogens is 1. The van der Waals surface area contributed by atoms with Crippen LogP contribution in [0.5, 0.6) is 0 Å². The smallest absolute Gasteiger partial charge is 0.241 e. The maximum Gasteiger partial charge on any atom is 0.241 e. The largest absolute Gasteiger partial charge is 0.325 e. The van der Waals surface area contributed by atoms with E-state index in [2.05, 4.69) is 31.2 Å². The van der Waals surface area contributed by atoms with Gasteiger partial charge in [-0.2, -0.15) is 0 Å². The summed E-state index contributed by atoms with van der Waals surface area (Å²) in [6.07, 6.45) is 8.88. The van der Waals surface area contributed by atoms with Crippen LogP contribution in [-0.4, -0.2) is 38.3 Å². The van der Waals surface area contributed by atoms with Gasteiger partial charge in [0.2, 0.25) is 5.91 Å². The maximum atomic E-state index is 13.0. The molecule has 1 aliphatic rings. The predicted octanol–water partition coefficient (Wildman–Crippen LogP) is 4.69. The molecule has 4 aromatic rings. The number of amides is 1. The Morgan fingerprint density at radius 3 is 2.66 bits per heavy atom. The molecule has 164 valence electrons. The lowest BCUT2D eigenvalue weighted by Gasteiger charge is -2.24. The van der Waals surface area contributed by atoms with Crippen LogP contribution in [-0.2, 0) is 11.3 Å². The van der Waals surface area contributed by atoms with Gasteiger partial charge < -0.3 is 5.32 Å². The molecule has 32 heavy (non-hydrogen) atoms. The van der Waals surface area contributed by atoms with Crippen LogP contribution in [0, 0.1) is 0 Å². The highest BCUT2D eigenvalue weighted by molar-refractivity contribution is 5.95. The number of aromatic nitrogens is 3. The van der Waals surface area contributed by atoms with Crippen molar-refractivity contribution in [2.45, 2.75) is 25.4 Å². The molecule has 0 radical (unpaired) electrons. The Labute approximate surface area is 187 Å². The zero-order chi connectivity index (χ0) is 21.0. The van der Waals surface area contributed by atoms with Crippen LogP contribution in [0.25, 0.3) is 22.2 Å². The molecule has 1 amide bonds. The lowest BCUT2D eigenvalue weighted by Crippen LogP contribution is -2.39. The molecule has 1 atom stereocenters. The first-order valence-corrected chi connectivity index (χ1v) is 10.5. The van der Waals surface area contributed by atoms with Crippen LogP contribution < -0.4 is 5.32 Å². The summed E-state index contributed by atoms with van der Waals surface area (Å²) in [5, 5.41) is 3.09. The van der Waals surface area contributed by atoms with Crippen molar-refractivity contribution in [3.63, 3.8) is 0 Å². The van der Waals surface area contributed by atoms with E-state index < -0.39 is 0 Å². The van der Waals surface area contributed by atoms with E-state index in [4.69, 9.17) is 0 Å². The van der Waals surface area contributed by atoms with Crippen LogP contribution in [0.4, 0.5) is 10.4 Å². The normalized spacial score (nSPS) is 15.9. The fourth-order valence-electron chi connectivity index (χ4n) is 4.22. The van der Waals surface area contributed by atoms with Crippen LogP contribution in [0.2, 0.25) is 0 Å². The molecule has 1 N–H and O–H groups in total. The Kier molecular flexibility index (Phi) is 6.47. The standard InChI is InChI=1S/C25H23N5O.FH.H2/c31-25(29-21-10-8-18(9-11-21)19-5-2-12-26-16-19)23-7-3-15-30(23)17-20-4-1-6-22-24(20)28-14-13-27-22;;/h1-2,4-6,8-14,16,23H,3,7,15,17H2,(H,29,31);2*1H/t23-;;/m1../s1. The third-order valence-electron chi connectivity index (χ3n) is 5.77. The van der Waals surface area contributed by atoms with Crippen molar-refractivity contribution in [2.24, 2.45) is 0 Å². The molecular formula is C25H26FN5O. The lowest BCUT2D eigenvalue weighted by molar-refractivity contribution is -0.120. The summed E-state index contributed by atoms with van der Waals surface area (Å²) in [5.41, 5.74) is 5.83. The minimum atomic E-state index is -0.148. The van der Waals surface area contributed by atoms with E-state index in [-0.39, 0.29) is 18.1 Å². The average molecular weight is 432 g/mol. The molecule has 1 fully saturated rings. The molecule has 1 saturated heterocycles. The Bertz CT molecular complexity index is 1200. The molecular weight excluding hydrogens is 405 g/mol. The van der Waals surface area contributed by atoms with Crippen LogP contribution in [0.3, 0.4) is 0 Å². The van der Waals surface area contributed by atoms with E-state index in [9.17, 15) is 4.79 Å². The van der Waals surface area contributed by atoms with Gasteiger partial charge in [-0.3, -0.25) is 29.4 Å². The van der Waals surface area contributed by atoms with Crippen LogP contribution in [0.1, 0.15) is 19.8 Å². The van der Waals surface area contributed by atoms with Gasteiger partial charge in [0.15, 0.2) is 0 Å². The van der Waals surface area contributed by atoms with E-state index in [0.717, 1.165) is 52.8 Å². The van der Waals surface area contributed by atoms with E-state index >= 15 is 0 Å². The van der Waals surface area contributed by atoms with Gasteiger partial charge in [-0.25, -0.2) is 0 Å². The number of nitrogens with zero attached hydrogens (tertiary/aromatic N) is 4. The zero-order valence-electron chi connectivity index (χ0n) is 17.5.